The van der Waals surface area contributed by atoms with E-state index in [9.17, 15) is 9.59 Å². The van der Waals surface area contributed by atoms with Crippen LogP contribution in [0.4, 0.5) is 11.4 Å². The second-order valence-electron chi connectivity index (χ2n) is 4.33. The van der Waals surface area contributed by atoms with Crippen molar-refractivity contribution in [1.82, 2.24) is 9.55 Å². The Labute approximate surface area is 120 Å². The predicted octanol–water partition coefficient (Wildman–Crippen LogP) is 1.43. The molecule has 0 aliphatic rings. The number of carbonyl (C=O) groups is 1. The molecular weight excluding hydrogens is 280 g/mol. The van der Waals surface area contributed by atoms with Crippen LogP contribution in [0, 0.1) is 6.92 Å². The highest BCUT2D eigenvalue weighted by Crippen LogP contribution is 2.23. The van der Waals surface area contributed by atoms with Crippen molar-refractivity contribution in [3.8, 4) is 0 Å². The number of aromatic nitrogens is 2. The molecule has 20 heavy (non-hydrogen) atoms. The van der Waals surface area contributed by atoms with Gasteiger partial charge in [-0.3, -0.25) is 9.36 Å². The van der Waals surface area contributed by atoms with Crippen LogP contribution in [0.5, 0.6) is 0 Å². The molecule has 1 heterocycles. The Morgan fingerprint density at radius 1 is 1.50 bits per heavy atom. The van der Waals surface area contributed by atoms with Crippen LogP contribution in [0.3, 0.4) is 0 Å². The first-order valence-electron chi connectivity index (χ1n) is 5.83. The molecule has 0 aliphatic heterocycles. The van der Waals surface area contributed by atoms with Gasteiger partial charge in [0.05, 0.1) is 10.7 Å². The van der Waals surface area contributed by atoms with Crippen molar-refractivity contribution >= 4 is 28.9 Å². The van der Waals surface area contributed by atoms with Crippen molar-refractivity contribution in [3.05, 3.63) is 51.7 Å². The zero-order valence-corrected chi connectivity index (χ0v) is 11.5. The SMILES string of the molecule is Cc1cnc(=O)n(CC(=O)Nc2ccc(N)cc2Cl)c1. The second kappa shape index (κ2) is 5.75. The van der Waals surface area contributed by atoms with E-state index in [0.717, 1.165) is 5.56 Å². The zero-order valence-electron chi connectivity index (χ0n) is 10.8. The largest absolute Gasteiger partial charge is 0.399 e. The van der Waals surface area contributed by atoms with Gasteiger partial charge >= 0.3 is 5.69 Å². The van der Waals surface area contributed by atoms with Crippen molar-refractivity contribution in [1.29, 1.82) is 0 Å². The number of nitrogens with one attached hydrogen (secondary N) is 1. The molecule has 0 radical (unpaired) electrons. The number of aryl methyl sites for hydroxylation is 1. The lowest BCUT2D eigenvalue weighted by molar-refractivity contribution is -0.116. The van der Waals surface area contributed by atoms with Gasteiger partial charge in [0.2, 0.25) is 5.91 Å². The average molecular weight is 293 g/mol. The summed E-state index contributed by atoms with van der Waals surface area (Å²) in [5, 5.41) is 2.96. The number of anilines is 2. The number of benzene rings is 1. The van der Waals surface area contributed by atoms with E-state index in [1.165, 1.54) is 16.8 Å². The van der Waals surface area contributed by atoms with Crippen LogP contribution in [0.25, 0.3) is 0 Å². The number of amides is 1. The maximum Gasteiger partial charge on any atom is 0.347 e. The Hall–Kier alpha value is -2.34. The van der Waals surface area contributed by atoms with Crippen molar-refractivity contribution in [3.63, 3.8) is 0 Å². The molecule has 0 unspecified atom stereocenters. The highest BCUT2D eigenvalue weighted by atomic mass is 35.5. The van der Waals surface area contributed by atoms with Crippen molar-refractivity contribution in [2.75, 3.05) is 11.1 Å². The summed E-state index contributed by atoms with van der Waals surface area (Å²) in [6.45, 7) is 1.66. The molecule has 3 N–H and O–H groups in total. The summed E-state index contributed by atoms with van der Waals surface area (Å²) in [5.74, 6) is -0.369. The molecule has 0 bridgehead atoms. The fourth-order valence-electron chi connectivity index (χ4n) is 1.66. The summed E-state index contributed by atoms with van der Waals surface area (Å²) < 4.78 is 1.23. The van der Waals surface area contributed by atoms with Crippen LogP contribution in [-0.2, 0) is 11.3 Å². The summed E-state index contributed by atoms with van der Waals surface area (Å²) in [6, 6.07) is 4.77. The van der Waals surface area contributed by atoms with Crippen LogP contribution < -0.4 is 16.7 Å². The molecule has 0 spiro atoms. The Morgan fingerprint density at radius 2 is 2.25 bits per heavy atom. The van der Waals surface area contributed by atoms with Crippen LogP contribution >= 0.6 is 11.6 Å². The minimum Gasteiger partial charge on any atom is -0.399 e. The fourth-order valence-corrected chi connectivity index (χ4v) is 1.89. The third kappa shape index (κ3) is 3.36. The molecule has 2 aromatic rings. The summed E-state index contributed by atoms with van der Waals surface area (Å²) in [4.78, 5) is 27.0. The highest BCUT2D eigenvalue weighted by molar-refractivity contribution is 6.34. The first-order chi connectivity index (χ1) is 9.45. The quantitative estimate of drug-likeness (QED) is 0.837. The van der Waals surface area contributed by atoms with Gasteiger partial charge in [0, 0.05) is 18.1 Å². The van der Waals surface area contributed by atoms with Gasteiger partial charge < -0.3 is 11.1 Å². The van der Waals surface area contributed by atoms with Crippen LogP contribution in [0.15, 0.2) is 35.4 Å². The summed E-state index contributed by atoms with van der Waals surface area (Å²) in [7, 11) is 0. The molecule has 1 aromatic carbocycles. The van der Waals surface area contributed by atoms with Crippen molar-refractivity contribution in [2.45, 2.75) is 13.5 Å². The summed E-state index contributed by atoms with van der Waals surface area (Å²) in [6.07, 6.45) is 3.02. The Bertz CT molecular complexity index is 712. The third-order valence-corrected chi connectivity index (χ3v) is 2.88. The summed E-state index contributed by atoms with van der Waals surface area (Å²) in [5.41, 5.74) is 6.83. The molecule has 1 amide bonds. The average Bonchev–Trinajstić information content (AvgIpc) is 2.37. The number of rotatable bonds is 3. The molecular formula is C13H13ClN4O2. The van der Waals surface area contributed by atoms with Crippen molar-refractivity contribution in [2.24, 2.45) is 0 Å². The van der Waals surface area contributed by atoms with E-state index >= 15 is 0 Å². The number of nitrogens with zero attached hydrogens (tertiary/aromatic N) is 2. The maximum absolute atomic E-state index is 11.9. The lowest BCUT2D eigenvalue weighted by Gasteiger charge is -2.09. The van der Waals surface area contributed by atoms with Gasteiger partial charge in [-0.25, -0.2) is 9.78 Å². The molecule has 0 saturated heterocycles. The van der Waals surface area contributed by atoms with Gasteiger partial charge in [0.15, 0.2) is 0 Å². The highest BCUT2D eigenvalue weighted by Gasteiger charge is 2.08. The lowest BCUT2D eigenvalue weighted by Crippen LogP contribution is -2.29. The molecule has 0 aliphatic carbocycles. The fraction of sp³-hybridized carbons (Fsp3) is 0.154. The van der Waals surface area contributed by atoms with Crippen molar-refractivity contribution < 1.29 is 4.79 Å². The number of carbonyl (C=O) groups excluding carboxylic acids is 1. The molecule has 2 rings (SSSR count). The molecule has 0 saturated carbocycles. The van der Waals surface area contributed by atoms with E-state index in [1.54, 1.807) is 25.3 Å². The Kier molecular flexibility index (Phi) is 4.05. The van der Waals surface area contributed by atoms with E-state index in [-0.39, 0.29) is 12.5 Å². The van der Waals surface area contributed by atoms with Crippen LogP contribution in [0.2, 0.25) is 5.02 Å². The van der Waals surface area contributed by atoms with Crippen LogP contribution in [-0.4, -0.2) is 15.5 Å². The number of hydrogen-bond acceptors (Lipinski definition) is 4. The van der Waals surface area contributed by atoms with Gasteiger partial charge in [-0.2, -0.15) is 0 Å². The van der Waals surface area contributed by atoms with Gasteiger partial charge in [-0.1, -0.05) is 11.6 Å². The number of hydrogen-bond donors (Lipinski definition) is 2. The topological polar surface area (TPSA) is 90.0 Å². The van der Waals surface area contributed by atoms with Gasteiger partial charge in [0.25, 0.3) is 0 Å². The smallest absolute Gasteiger partial charge is 0.347 e. The van der Waals surface area contributed by atoms with Gasteiger partial charge in [0.1, 0.15) is 6.54 Å². The number of halogens is 1. The first kappa shape index (κ1) is 14.1. The van der Waals surface area contributed by atoms with E-state index in [0.29, 0.717) is 16.4 Å². The number of nitrogen functional groups attached to an aromatic ring is 1. The van der Waals surface area contributed by atoms with E-state index < -0.39 is 5.69 Å². The maximum atomic E-state index is 11.9. The van der Waals surface area contributed by atoms with E-state index in [4.69, 9.17) is 17.3 Å². The van der Waals surface area contributed by atoms with Gasteiger partial charge in [-0.05, 0) is 30.7 Å². The zero-order chi connectivity index (χ0) is 14.7. The minimum atomic E-state index is -0.478. The predicted molar refractivity (Wildman–Crippen MR) is 77.7 cm³/mol. The Morgan fingerprint density at radius 3 is 2.95 bits per heavy atom. The van der Waals surface area contributed by atoms with E-state index in [1.807, 2.05) is 0 Å². The monoisotopic (exact) mass is 292 g/mol. The molecule has 104 valence electrons. The standard InChI is InChI=1S/C13H13ClN4O2/c1-8-5-16-13(20)18(6-8)7-12(19)17-11-3-2-9(15)4-10(11)14/h2-6H,7,15H2,1H3,(H,17,19). The summed E-state index contributed by atoms with van der Waals surface area (Å²) >= 11 is 5.96. The molecule has 0 fully saturated rings. The molecule has 0 atom stereocenters. The lowest BCUT2D eigenvalue weighted by atomic mass is 10.3. The third-order valence-electron chi connectivity index (χ3n) is 2.56. The first-order valence-corrected chi connectivity index (χ1v) is 6.21. The molecule has 1 aromatic heterocycles. The minimum absolute atomic E-state index is 0.131. The normalized spacial score (nSPS) is 10.3. The number of nitrogens with two attached hydrogens (primary N) is 1. The Balaban J connectivity index is 2.13. The van der Waals surface area contributed by atoms with Gasteiger partial charge in [-0.15, -0.1) is 0 Å². The van der Waals surface area contributed by atoms with E-state index in [2.05, 4.69) is 10.3 Å². The van der Waals surface area contributed by atoms with Crippen LogP contribution in [0.1, 0.15) is 5.56 Å². The second-order valence-corrected chi connectivity index (χ2v) is 4.74. The molecule has 6 nitrogen and oxygen atoms in total. The molecule has 7 heteroatoms.